The van der Waals surface area contributed by atoms with Crippen molar-refractivity contribution < 1.29 is 0 Å². The number of likely N-dealkylation sites (N-methyl/N-ethyl adjacent to an activating group) is 1. The van der Waals surface area contributed by atoms with E-state index in [1.165, 1.54) is 37.1 Å². The number of nitrogens with one attached hydrogen (secondary N) is 1. The van der Waals surface area contributed by atoms with Gasteiger partial charge in [0.05, 0.1) is 0 Å². The minimum atomic E-state index is 0.652. The molecule has 1 fully saturated rings. The quantitative estimate of drug-likeness (QED) is 0.878. The van der Waals surface area contributed by atoms with Crippen LogP contribution in [0.4, 0.5) is 0 Å². The van der Waals surface area contributed by atoms with E-state index in [4.69, 9.17) is 0 Å². The molecule has 0 aromatic heterocycles. The summed E-state index contributed by atoms with van der Waals surface area (Å²) in [6.07, 6.45) is 2.71. The highest BCUT2D eigenvalue weighted by atomic mass is 15.1. The monoisotopic (exact) mass is 246 g/mol. The fraction of sp³-hybridized carbons (Fsp3) is 0.625. The van der Waals surface area contributed by atoms with Gasteiger partial charge in [-0.05, 0) is 57.5 Å². The van der Waals surface area contributed by atoms with Crippen LogP contribution in [0.1, 0.15) is 29.9 Å². The van der Waals surface area contributed by atoms with Crippen molar-refractivity contribution in [2.45, 2.75) is 25.7 Å². The van der Waals surface area contributed by atoms with Gasteiger partial charge in [-0.25, -0.2) is 0 Å². The fourth-order valence-corrected chi connectivity index (χ4v) is 3.29. The number of aryl methyl sites for hydroxylation is 1. The number of rotatable bonds is 4. The summed E-state index contributed by atoms with van der Waals surface area (Å²) >= 11 is 0. The second kappa shape index (κ2) is 6.35. The Morgan fingerprint density at radius 1 is 1.39 bits per heavy atom. The summed E-state index contributed by atoms with van der Waals surface area (Å²) in [7, 11) is 4.32. The van der Waals surface area contributed by atoms with Crippen LogP contribution in [0.3, 0.4) is 0 Å². The topological polar surface area (TPSA) is 15.3 Å². The van der Waals surface area contributed by atoms with Crippen molar-refractivity contribution in [2.75, 3.05) is 33.7 Å². The molecule has 1 saturated heterocycles. The summed E-state index contributed by atoms with van der Waals surface area (Å²) in [6.45, 7) is 5.82. The molecular weight excluding hydrogens is 220 g/mol. The average molecular weight is 246 g/mol. The van der Waals surface area contributed by atoms with Gasteiger partial charge in [-0.15, -0.1) is 0 Å². The highest BCUT2D eigenvalue weighted by Crippen LogP contribution is 2.32. The predicted octanol–water partition coefficient (Wildman–Crippen LogP) is 2.64. The molecule has 0 radical (unpaired) electrons. The first kappa shape index (κ1) is 13.6. The highest BCUT2D eigenvalue weighted by Gasteiger charge is 2.27. The van der Waals surface area contributed by atoms with Crippen LogP contribution in [0, 0.1) is 12.8 Å². The second-order valence-corrected chi connectivity index (χ2v) is 5.69. The fourth-order valence-electron chi connectivity index (χ4n) is 3.29. The van der Waals surface area contributed by atoms with Crippen molar-refractivity contribution in [3.05, 3.63) is 35.4 Å². The zero-order chi connectivity index (χ0) is 13.0. The Balaban J connectivity index is 2.19. The van der Waals surface area contributed by atoms with Gasteiger partial charge in [-0.1, -0.05) is 24.3 Å². The van der Waals surface area contributed by atoms with Gasteiger partial charge in [-0.3, -0.25) is 0 Å². The van der Waals surface area contributed by atoms with Crippen molar-refractivity contribution in [2.24, 2.45) is 5.92 Å². The van der Waals surface area contributed by atoms with Crippen molar-refractivity contribution in [1.29, 1.82) is 0 Å². The van der Waals surface area contributed by atoms with Gasteiger partial charge >= 0.3 is 0 Å². The Kier molecular flexibility index (Phi) is 4.79. The van der Waals surface area contributed by atoms with Gasteiger partial charge in [0, 0.05) is 19.0 Å². The maximum Gasteiger partial charge on any atom is 0.00204 e. The minimum Gasteiger partial charge on any atom is -0.319 e. The Morgan fingerprint density at radius 2 is 2.17 bits per heavy atom. The number of hydrogen-bond donors (Lipinski definition) is 1. The molecule has 2 unspecified atom stereocenters. The first-order valence-electron chi connectivity index (χ1n) is 7.11. The van der Waals surface area contributed by atoms with Crippen LogP contribution in [-0.4, -0.2) is 38.6 Å². The number of piperidine rings is 1. The molecule has 0 saturated carbocycles. The molecule has 1 aliphatic heterocycles. The van der Waals surface area contributed by atoms with Crippen LogP contribution >= 0.6 is 0 Å². The predicted molar refractivity (Wildman–Crippen MR) is 78.1 cm³/mol. The zero-order valence-electron chi connectivity index (χ0n) is 11.9. The lowest BCUT2D eigenvalue weighted by molar-refractivity contribution is 0.185. The standard InChI is InChI=1S/C16H26N2/c1-13-7-4-5-9-15(13)16(11-17-2)14-8-6-10-18(3)12-14/h4-5,7,9,14,16-17H,6,8,10-12H2,1-3H3. The smallest absolute Gasteiger partial charge is 0.00204 e. The van der Waals surface area contributed by atoms with Gasteiger partial charge in [0.1, 0.15) is 0 Å². The van der Waals surface area contributed by atoms with Gasteiger partial charge in [0.2, 0.25) is 0 Å². The molecule has 1 aliphatic rings. The maximum atomic E-state index is 3.39. The Labute approximate surface area is 111 Å². The molecule has 1 heterocycles. The van der Waals surface area contributed by atoms with Crippen molar-refractivity contribution >= 4 is 0 Å². The summed E-state index contributed by atoms with van der Waals surface area (Å²) in [5, 5.41) is 3.39. The first-order valence-corrected chi connectivity index (χ1v) is 7.11. The lowest BCUT2D eigenvalue weighted by atomic mass is 9.79. The van der Waals surface area contributed by atoms with E-state index in [2.05, 4.69) is 55.5 Å². The van der Waals surface area contributed by atoms with Crippen LogP contribution in [0.5, 0.6) is 0 Å². The first-order chi connectivity index (χ1) is 8.72. The number of nitrogens with zero attached hydrogens (tertiary/aromatic N) is 1. The van der Waals surface area contributed by atoms with E-state index >= 15 is 0 Å². The Bertz CT molecular complexity index is 375. The lowest BCUT2D eigenvalue weighted by Gasteiger charge is -2.36. The van der Waals surface area contributed by atoms with E-state index in [9.17, 15) is 0 Å². The summed E-state index contributed by atoms with van der Waals surface area (Å²) in [5.41, 5.74) is 2.97. The van der Waals surface area contributed by atoms with Gasteiger partial charge in [0.25, 0.3) is 0 Å². The molecule has 0 aliphatic carbocycles. The highest BCUT2D eigenvalue weighted by molar-refractivity contribution is 5.30. The molecule has 0 bridgehead atoms. The van der Waals surface area contributed by atoms with Crippen LogP contribution in [0.25, 0.3) is 0 Å². The second-order valence-electron chi connectivity index (χ2n) is 5.69. The average Bonchev–Trinajstić information content (AvgIpc) is 2.37. The molecule has 1 N–H and O–H groups in total. The molecule has 2 rings (SSSR count). The summed E-state index contributed by atoms with van der Waals surface area (Å²) in [6, 6.07) is 8.87. The van der Waals surface area contributed by atoms with E-state index < -0.39 is 0 Å². The zero-order valence-corrected chi connectivity index (χ0v) is 11.9. The van der Waals surface area contributed by atoms with E-state index in [0.29, 0.717) is 5.92 Å². The molecule has 1 aromatic carbocycles. The molecule has 2 heteroatoms. The van der Waals surface area contributed by atoms with Crippen LogP contribution in [0.15, 0.2) is 24.3 Å². The van der Waals surface area contributed by atoms with Gasteiger partial charge in [0.15, 0.2) is 0 Å². The molecule has 0 spiro atoms. The molecule has 0 amide bonds. The van der Waals surface area contributed by atoms with Crippen molar-refractivity contribution in [3.8, 4) is 0 Å². The van der Waals surface area contributed by atoms with Crippen molar-refractivity contribution in [3.63, 3.8) is 0 Å². The summed E-state index contributed by atoms with van der Waals surface area (Å²) in [4.78, 5) is 2.48. The number of benzene rings is 1. The Morgan fingerprint density at radius 3 is 2.83 bits per heavy atom. The van der Waals surface area contributed by atoms with Crippen LogP contribution in [-0.2, 0) is 0 Å². The summed E-state index contributed by atoms with van der Waals surface area (Å²) in [5.74, 6) is 1.44. The largest absolute Gasteiger partial charge is 0.319 e. The molecule has 1 aromatic rings. The summed E-state index contributed by atoms with van der Waals surface area (Å²) < 4.78 is 0. The van der Waals surface area contributed by atoms with Gasteiger partial charge < -0.3 is 10.2 Å². The van der Waals surface area contributed by atoms with E-state index in [0.717, 1.165) is 12.5 Å². The third-order valence-electron chi connectivity index (χ3n) is 4.24. The van der Waals surface area contributed by atoms with E-state index in [1.807, 2.05) is 0 Å². The lowest BCUT2D eigenvalue weighted by Crippen LogP contribution is -2.37. The van der Waals surface area contributed by atoms with Crippen LogP contribution < -0.4 is 5.32 Å². The normalized spacial score (nSPS) is 22.9. The maximum absolute atomic E-state index is 3.39. The van der Waals surface area contributed by atoms with E-state index in [-0.39, 0.29) is 0 Å². The molecule has 100 valence electrons. The minimum absolute atomic E-state index is 0.652. The third-order valence-corrected chi connectivity index (χ3v) is 4.24. The Hall–Kier alpha value is -0.860. The molecule has 18 heavy (non-hydrogen) atoms. The van der Waals surface area contributed by atoms with Crippen LogP contribution in [0.2, 0.25) is 0 Å². The van der Waals surface area contributed by atoms with Crippen molar-refractivity contribution in [1.82, 2.24) is 10.2 Å². The SMILES string of the molecule is CNCC(c1ccccc1C)C1CCCN(C)C1. The molecule has 2 atom stereocenters. The molecule has 2 nitrogen and oxygen atoms in total. The number of likely N-dealkylation sites (tertiary alicyclic amines) is 1. The third kappa shape index (κ3) is 3.12. The molecular formula is C16H26N2. The van der Waals surface area contributed by atoms with Gasteiger partial charge in [-0.2, -0.15) is 0 Å². The number of hydrogen-bond acceptors (Lipinski definition) is 2. The van der Waals surface area contributed by atoms with E-state index in [1.54, 1.807) is 0 Å².